The number of rotatable bonds is 5. The molecular weight excluding hydrogens is 389 g/mol. The second-order valence-electron chi connectivity index (χ2n) is 7.08. The molecule has 1 aliphatic rings. The van der Waals surface area contributed by atoms with Crippen LogP contribution >= 0.6 is 11.3 Å². The van der Waals surface area contributed by atoms with Crippen molar-refractivity contribution in [1.82, 2.24) is 14.9 Å². The molecule has 1 N–H and O–H groups in total. The summed E-state index contributed by atoms with van der Waals surface area (Å²) in [4.78, 5) is 27.7. The van der Waals surface area contributed by atoms with Gasteiger partial charge in [-0.15, -0.1) is 11.3 Å². The molecule has 29 heavy (non-hydrogen) atoms. The van der Waals surface area contributed by atoms with Gasteiger partial charge in [0.15, 0.2) is 0 Å². The summed E-state index contributed by atoms with van der Waals surface area (Å²) < 4.78 is 14.0. The summed E-state index contributed by atoms with van der Waals surface area (Å²) in [6.07, 6.45) is 0.949. The largest absolute Gasteiger partial charge is 0.366 e. The van der Waals surface area contributed by atoms with E-state index in [0.29, 0.717) is 43.5 Å². The molecule has 6 nitrogen and oxygen atoms in total. The second kappa shape index (κ2) is 8.32. The number of hydrogen-bond donors (Lipinski definition) is 1. The minimum Gasteiger partial charge on any atom is -0.366 e. The van der Waals surface area contributed by atoms with E-state index in [4.69, 9.17) is 0 Å². The molecule has 2 aromatic heterocycles. The van der Waals surface area contributed by atoms with Crippen LogP contribution in [0.15, 0.2) is 30.3 Å². The smallest absolute Gasteiger partial charge is 0.242 e. The summed E-state index contributed by atoms with van der Waals surface area (Å²) >= 11 is 1.66. The normalized spacial score (nSPS) is 14.4. The molecule has 3 heterocycles. The van der Waals surface area contributed by atoms with E-state index >= 15 is 0 Å². The Hall–Kier alpha value is -2.74. The molecule has 0 atom stereocenters. The van der Waals surface area contributed by atoms with Gasteiger partial charge < -0.3 is 15.1 Å². The third-order valence-corrected chi connectivity index (χ3v) is 6.31. The number of carbonyl (C=O) groups excluding carboxylic acids is 1. The number of hydrogen-bond acceptors (Lipinski definition) is 6. The fourth-order valence-electron chi connectivity index (χ4n) is 3.56. The predicted octanol–water partition coefficient (Wildman–Crippen LogP) is 3.46. The zero-order chi connectivity index (χ0) is 20.4. The van der Waals surface area contributed by atoms with Gasteiger partial charge >= 0.3 is 0 Å². The molecule has 0 aliphatic carbocycles. The first kappa shape index (κ1) is 19.6. The van der Waals surface area contributed by atoms with Gasteiger partial charge in [-0.3, -0.25) is 4.79 Å². The molecule has 1 aliphatic heterocycles. The zero-order valence-electron chi connectivity index (χ0n) is 16.6. The summed E-state index contributed by atoms with van der Waals surface area (Å²) in [5.74, 6) is 1.20. The quantitative estimate of drug-likeness (QED) is 0.694. The maximum atomic E-state index is 14.0. The summed E-state index contributed by atoms with van der Waals surface area (Å²) in [7, 11) is 0. The molecule has 4 rings (SSSR count). The van der Waals surface area contributed by atoms with E-state index < -0.39 is 0 Å². The number of halogens is 1. The first-order chi connectivity index (χ1) is 14.0. The van der Waals surface area contributed by atoms with Crippen LogP contribution in [0.5, 0.6) is 0 Å². The van der Waals surface area contributed by atoms with Gasteiger partial charge in [-0.25, -0.2) is 14.4 Å². The predicted molar refractivity (Wildman–Crippen MR) is 115 cm³/mol. The SMILES string of the molecule is CCc1cc2c(NCC(=O)N3CCN(c4ccccc4F)CC3)nc(C)nc2s1. The van der Waals surface area contributed by atoms with Crippen molar-refractivity contribution >= 4 is 39.0 Å². The number of aryl methyl sites for hydroxylation is 2. The monoisotopic (exact) mass is 413 g/mol. The van der Waals surface area contributed by atoms with Gasteiger partial charge in [-0.05, 0) is 31.5 Å². The van der Waals surface area contributed by atoms with Crippen molar-refractivity contribution in [2.75, 3.05) is 42.9 Å². The van der Waals surface area contributed by atoms with Crippen LogP contribution in [0.2, 0.25) is 0 Å². The Morgan fingerprint density at radius 3 is 2.69 bits per heavy atom. The molecule has 0 saturated carbocycles. The highest BCUT2D eigenvalue weighted by Crippen LogP contribution is 2.29. The van der Waals surface area contributed by atoms with Crippen molar-refractivity contribution in [1.29, 1.82) is 0 Å². The van der Waals surface area contributed by atoms with Crippen molar-refractivity contribution in [3.05, 3.63) is 46.9 Å². The number of carbonyl (C=O) groups is 1. The topological polar surface area (TPSA) is 61.4 Å². The number of fused-ring (bicyclic) bond motifs is 1. The number of nitrogens with zero attached hydrogens (tertiary/aromatic N) is 4. The van der Waals surface area contributed by atoms with E-state index in [1.807, 2.05) is 22.8 Å². The van der Waals surface area contributed by atoms with Crippen LogP contribution in [0.1, 0.15) is 17.6 Å². The highest BCUT2D eigenvalue weighted by Gasteiger charge is 2.23. The summed E-state index contributed by atoms with van der Waals surface area (Å²) in [5.41, 5.74) is 0.598. The molecular formula is C21H24FN5OS. The fraction of sp³-hybridized carbons (Fsp3) is 0.381. The molecule has 0 radical (unpaired) electrons. The lowest BCUT2D eigenvalue weighted by molar-refractivity contribution is -0.129. The fourth-order valence-corrected chi connectivity index (χ4v) is 4.58. The van der Waals surface area contributed by atoms with E-state index in [0.717, 1.165) is 16.6 Å². The van der Waals surface area contributed by atoms with E-state index in [1.165, 1.54) is 10.9 Å². The number of amides is 1. The third-order valence-electron chi connectivity index (χ3n) is 5.14. The number of benzene rings is 1. The number of thiophene rings is 1. The number of nitrogens with one attached hydrogen (secondary N) is 1. The van der Waals surface area contributed by atoms with Gasteiger partial charge in [0.05, 0.1) is 17.6 Å². The molecule has 8 heteroatoms. The lowest BCUT2D eigenvalue weighted by Gasteiger charge is -2.36. The maximum Gasteiger partial charge on any atom is 0.242 e. The number of para-hydroxylation sites is 1. The molecule has 1 amide bonds. The average molecular weight is 414 g/mol. The van der Waals surface area contributed by atoms with Crippen molar-refractivity contribution in [2.45, 2.75) is 20.3 Å². The lowest BCUT2D eigenvalue weighted by Crippen LogP contribution is -2.50. The Morgan fingerprint density at radius 2 is 1.97 bits per heavy atom. The number of aromatic nitrogens is 2. The van der Waals surface area contributed by atoms with Crippen LogP contribution in [0, 0.1) is 12.7 Å². The maximum absolute atomic E-state index is 14.0. The van der Waals surface area contributed by atoms with E-state index in [9.17, 15) is 9.18 Å². The minimum atomic E-state index is -0.223. The van der Waals surface area contributed by atoms with Gasteiger partial charge in [0.25, 0.3) is 0 Å². The Morgan fingerprint density at radius 1 is 1.21 bits per heavy atom. The van der Waals surface area contributed by atoms with Crippen LogP contribution in [0.4, 0.5) is 15.9 Å². The minimum absolute atomic E-state index is 0.0218. The summed E-state index contributed by atoms with van der Waals surface area (Å²) in [6, 6.07) is 8.86. The van der Waals surface area contributed by atoms with Gasteiger partial charge in [-0.2, -0.15) is 0 Å². The van der Waals surface area contributed by atoms with Crippen molar-refractivity contribution in [3.63, 3.8) is 0 Å². The number of piperazine rings is 1. The number of anilines is 2. The van der Waals surface area contributed by atoms with Gasteiger partial charge in [0, 0.05) is 31.1 Å². The standard InChI is InChI=1S/C21H24FN5OS/c1-3-15-12-16-20(24-14(2)25-21(16)29-15)23-13-19(28)27-10-8-26(9-11-27)18-7-5-4-6-17(18)22/h4-7,12H,3,8-11,13H2,1-2H3,(H,23,24,25). The molecule has 152 valence electrons. The Bertz CT molecular complexity index is 1030. The van der Waals surface area contributed by atoms with Crippen LogP contribution in [-0.4, -0.2) is 53.5 Å². The molecule has 1 aromatic carbocycles. The highest BCUT2D eigenvalue weighted by molar-refractivity contribution is 7.18. The van der Waals surface area contributed by atoms with Crippen molar-refractivity contribution < 1.29 is 9.18 Å². The van der Waals surface area contributed by atoms with Crippen LogP contribution in [0.3, 0.4) is 0 Å². The lowest BCUT2D eigenvalue weighted by atomic mass is 10.2. The molecule has 3 aromatic rings. The van der Waals surface area contributed by atoms with Crippen LogP contribution < -0.4 is 10.2 Å². The molecule has 0 unspecified atom stereocenters. The first-order valence-electron chi connectivity index (χ1n) is 9.83. The average Bonchev–Trinajstić information content (AvgIpc) is 3.15. The van der Waals surface area contributed by atoms with Gasteiger partial charge in [-0.1, -0.05) is 19.1 Å². The van der Waals surface area contributed by atoms with Crippen molar-refractivity contribution in [3.8, 4) is 0 Å². The summed E-state index contributed by atoms with van der Waals surface area (Å²) in [6.45, 7) is 6.55. The van der Waals surface area contributed by atoms with E-state index in [2.05, 4.69) is 28.3 Å². The third kappa shape index (κ3) is 4.17. The highest BCUT2D eigenvalue weighted by atomic mass is 32.1. The van der Waals surface area contributed by atoms with Crippen LogP contribution in [-0.2, 0) is 11.2 Å². The Labute approximate surface area is 173 Å². The van der Waals surface area contributed by atoms with E-state index in [-0.39, 0.29) is 18.3 Å². The summed E-state index contributed by atoms with van der Waals surface area (Å²) in [5, 5.41) is 4.17. The zero-order valence-corrected chi connectivity index (χ0v) is 17.4. The molecule has 1 fully saturated rings. The van der Waals surface area contributed by atoms with Gasteiger partial charge in [0.2, 0.25) is 5.91 Å². The van der Waals surface area contributed by atoms with Gasteiger partial charge in [0.1, 0.15) is 22.3 Å². The second-order valence-corrected chi connectivity index (χ2v) is 8.19. The van der Waals surface area contributed by atoms with E-state index in [1.54, 1.807) is 23.5 Å². The Kier molecular flexibility index (Phi) is 5.62. The Balaban J connectivity index is 1.38. The van der Waals surface area contributed by atoms with Crippen LogP contribution in [0.25, 0.3) is 10.2 Å². The molecule has 0 bridgehead atoms. The first-order valence-corrected chi connectivity index (χ1v) is 10.6. The van der Waals surface area contributed by atoms with Crippen molar-refractivity contribution in [2.24, 2.45) is 0 Å². The molecule has 0 spiro atoms. The molecule has 1 saturated heterocycles.